The van der Waals surface area contributed by atoms with Crippen LogP contribution < -0.4 is 10.2 Å². The minimum absolute atomic E-state index is 0.128. The third-order valence-electron chi connectivity index (χ3n) is 1.76. The maximum atomic E-state index is 11.9. The summed E-state index contributed by atoms with van der Waals surface area (Å²) in [6.45, 7) is -0.716. The van der Waals surface area contributed by atoms with Gasteiger partial charge in [-0.05, 0) is 0 Å². The molecule has 0 bridgehead atoms. The van der Waals surface area contributed by atoms with Gasteiger partial charge in [-0.25, -0.2) is 0 Å². The monoisotopic (exact) mass is 257 g/mol. The lowest BCUT2D eigenvalue weighted by molar-refractivity contribution is -0.275. The highest BCUT2D eigenvalue weighted by Crippen LogP contribution is 2.20. The first kappa shape index (κ1) is 12.9. The van der Waals surface area contributed by atoms with Gasteiger partial charge in [0.05, 0.1) is 12.5 Å². The molecule has 0 aliphatic heterocycles. The smallest absolute Gasteiger partial charge is 0.400 e. The first-order chi connectivity index (χ1) is 7.39. The summed E-state index contributed by atoms with van der Waals surface area (Å²) in [5.74, 6) is -1.05. The summed E-state index contributed by atoms with van der Waals surface area (Å²) in [6, 6.07) is 0. The number of alkyl halides is 4. The molecule has 0 radical (unpaired) electrons. The van der Waals surface area contributed by atoms with E-state index in [1.54, 1.807) is 0 Å². The third-order valence-corrected chi connectivity index (χ3v) is 2.02. The second kappa shape index (κ2) is 4.75. The summed E-state index contributed by atoms with van der Waals surface area (Å²) in [7, 11) is 0. The standard InChI is InChI=1S/C8H7ClF3NO3/c9-1-5-4(3-14)7(15)6(2-13-5)16-8(10,11)12/h2,14H,1,3H2,(H,13,15). The molecular formula is C8H7ClF3NO3. The molecule has 90 valence electrons. The molecule has 0 fully saturated rings. The number of nitrogens with one attached hydrogen (secondary N) is 1. The number of halogens is 4. The van der Waals surface area contributed by atoms with Gasteiger partial charge >= 0.3 is 6.36 Å². The number of hydrogen-bond acceptors (Lipinski definition) is 3. The fraction of sp³-hybridized carbons (Fsp3) is 0.375. The third kappa shape index (κ3) is 2.89. The van der Waals surface area contributed by atoms with E-state index in [9.17, 15) is 18.0 Å². The van der Waals surface area contributed by atoms with Crippen LogP contribution in [-0.2, 0) is 12.5 Å². The molecule has 4 nitrogen and oxygen atoms in total. The Morgan fingerprint density at radius 2 is 2.12 bits per heavy atom. The van der Waals surface area contributed by atoms with Crippen LogP contribution in [0.25, 0.3) is 0 Å². The maximum absolute atomic E-state index is 11.9. The molecule has 0 atom stereocenters. The summed E-state index contributed by atoms with van der Waals surface area (Å²) < 4.78 is 39.1. The number of pyridine rings is 1. The van der Waals surface area contributed by atoms with Crippen molar-refractivity contribution in [2.75, 3.05) is 0 Å². The van der Waals surface area contributed by atoms with Crippen LogP contribution in [0.5, 0.6) is 5.75 Å². The van der Waals surface area contributed by atoms with Crippen molar-refractivity contribution in [1.82, 2.24) is 4.98 Å². The molecule has 0 aromatic carbocycles. The first-order valence-corrected chi connectivity index (χ1v) is 4.58. The topological polar surface area (TPSA) is 62.3 Å². The van der Waals surface area contributed by atoms with Gasteiger partial charge in [0, 0.05) is 17.5 Å². The SMILES string of the molecule is O=c1c(OC(F)(F)F)c[nH]c(CCl)c1CO. The van der Waals surface area contributed by atoms with Crippen molar-refractivity contribution in [2.45, 2.75) is 18.8 Å². The Hall–Kier alpha value is -1.21. The number of aromatic nitrogens is 1. The van der Waals surface area contributed by atoms with E-state index < -0.39 is 24.1 Å². The lowest BCUT2D eigenvalue weighted by atomic mass is 10.2. The Kier molecular flexibility index (Phi) is 3.82. The van der Waals surface area contributed by atoms with Crippen LogP contribution in [-0.4, -0.2) is 16.5 Å². The predicted octanol–water partition coefficient (Wildman–Crippen LogP) is 1.50. The van der Waals surface area contributed by atoms with Crippen LogP contribution in [0.15, 0.2) is 11.0 Å². The zero-order valence-electron chi connectivity index (χ0n) is 7.77. The van der Waals surface area contributed by atoms with Crippen molar-refractivity contribution < 1.29 is 23.0 Å². The Bertz CT molecular complexity index is 430. The van der Waals surface area contributed by atoms with E-state index >= 15 is 0 Å². The van der Waals surface area contributed by atoms with Crippen molar-refractivity contribution in [2.24, 2.45) is 0 Å². The average molecular weight is 258 g/mol. The fourth-order valence-corrected chi connectivity index (χ4v) is 1.32. The van der Waals surface area contributed by atoms with Crippen LogP contribution in [0.1, 0.15) is 11.3 Å². The number of aliphatic hydroxyl groups is 1. The summed E-state index contributed by atoms with van der Waals surface area (Å²) in [6.07, 6.45) is -4.20. The fourth-order valence-electron chi connectivity index (χ4n) is 1.08. The van der Waals surface area contributed by atoms with E-state index in [0.717, 1.165) is 6.20 Å². The van der Waals surface area contributed by atoms with Crippen molar-refractivity contribution in [1.29, 1.82) is 0 Å². The van der Waals surface area contributed by atoms with Crippen molar-refractivity contribution >= 4 is 11.6 Å². The molecule has 0 aliphatic rings. The van der Waals surface area contributed by atoms with E-state index in [2.05, 4.69) is 9.72 Å². The van der Waals surface area contributed by atoms with E-state index in [-0.39, 0.29) is 17.1 Å². The quantitative estimate of drug-likeness (QED) is 0.807. The molecule has 16 heavy (non-hydrogen) atoms. The second-order valence-electron chi connectivity index (χ2n) is 2.78. The van der Waals surface area contributed by atoms with Gasteiger partial charge in [-0.2, -0.15) is 0 Å². The van der Waals surface area contributed by atoms with Crippen molar-refractivity contribution in [3.63, 3.8) is 0 Å². The lowest BCUT2D eigenvalue weighted by Crippen LogP contribution is -2.24. The molecule has 0 saturated carbocycles. The Morgan fingerprint density at radius 3 is 2.56 bits per heavy atom. The zero-order valence-corrected chi connectivity index (χ0v) is 8.52. The minimum atomic E-state index is -4.96. The summed E-state index contributed by atoms with van der Waals surface area (Å²) in [4.78, 5) is 13.7. The molecule has 1 aromatic rings. The van der Waals surface area contributed by atoms with Crippen LogP contribution in [0.3, 0.4) is 0 Å². The molecule has 1 rings (SSSR count). The van der Waals surface area contributed by atoms with Gasteiger partial charge in [-0.3, -0.25) is 4.79 Å². The van der Waals surface area contributed by atoms with Crippen LogP contribution in [0.2, 0.25) is 0 Å². The van der Waals surface area contributed by atoms with Gasteiger partial charge in [0.15, 0.2) is 5.75 Å². The van der Waals surface area contributed by atoms with Crippen LogP contribution in [0.4, 0.5) is 13.2 Å². The van der Waals surface area contributed by atoms with Crippen LogP contribution >= 0.6 is 11.6 Å². The van der Waals surface area contributed by atoms with E-state index in [1.807, 2.05) is 0 Å². The highest BCUT2D eigenvalue weighted by Gasteiger charge is 2.32. The van der Waals surface area contributed by atoms with Gasteiger partial charge in [-0.1, -0.05) is 0 Å². The molecule has 0 amide bonds. The van der Waals surface area contributed by atoms with E-state index in [0.29, 0.717) is 0 Å². The summed E-state index contributed by atoms with van der Waals surface area (Å²) >= 11 is 5.42. The molecule has 2 N–H and O–H groups in total. The number of ether oxygens (including phenoxy) is 1. The maximum Gasteiger partial charge on any atom is 0.573 e. The Morgan fingerprint density at radius 1 is 1.50 bits per heavy atom. The highest BCUT2D eigenvalue weighted by atomic mass is 35.5. The van der Waals surface area contributed by atoms with Gasteiger partial charge < -0.3 is 14.8 Å². The lowest BCUT2D eigenvalue weighted by Gasteiger charge is -2.10. The van der Waals surface area contributed by atoms with E-state index in [4.69, 9.17) is 16.7 Å². The molecular weight excluding hydrogens is 251 g/mol. The Labute approximate surface area is 92.6 Å². The van der Waals surface area contributed by atoms with Gasteiger partial charge in [0.25, 0.3) is 0 Å². The van der Waals surface area contributed by atoms with E-state index in [1.165, 1.54) is 0 Å². The predicted molar refractivity (Wildman–Crippen MR) is 49.2 cm³/mol. The minimum Gasteiger partial charge on any atom is -0.400 e. The molecule has 1 aromatic heterocycles. The zero-order chi connectivity index (χ0) is 12.3. The van der Waals surface area contributed by atoms with Crippen molar-refractivity contribution in [3.05, 3.63) is 27.7 Å². The van der Waals surface area contributed by atoms with Gasteiger partial charge in [0.1, 0.15) is 0 Å². The number of hydrogen-bond donors (Lipinski definition) is 2. The normalized spacial score (nSPS) is 11.6. The Balaban J connectivity index is 3.20. The number of H-pyrrole nitrogens is 1. The molecule has 1 heterocycles. The van der Waals surface area contributed by atoms with Crippen molar-refractivity contribution in [3.8, 4) is 5.75 Å². The number of rotatable bonds is 3. The number of aromatic amines is 1. The summed E-state index contributed by atoms with van der Waals surface area (Å²) in [5, 5.41) is 8.84. The molecule has 0 saturated heterocycles. The van der Waals surface area contributed by atoms with Crippen LogP contribution in [0, 0.1) is 0 Å². The average Bonchev–Trinajstić information content (AvgIpc) is 2.19. The first-order valence-electron chi connectivity index (χ1n) is 4.05. The van der Waals surface area contributed by atoms with Gasteiger partial charge in [0.2, 0.25) is 5.43 Å². The second-order valence-corrected chi connectivity index (χ2v) is 3.05. The molecule has 0 unspecified atom stereocenters. The number of aliphatic hydroxyl groups excluding tert-OH is 1. The van der Waals surface area contributed by atoms with Gasteiger partial charge in [-0.15, -0.1) is 24.8 Å². The largest absolute Gasteiger partial charge is 0.573 e. The highest BCUT2D eigenvalue weighted by molar-refractivity contribution is 6.17. The molecule has 8 heteroatoms. The molecule has 0 aliphatic carbocycles. The summed E-state index contributed by atoms with van der Waals surface area (Å²) in [5.41, 5.74) is -1.12. The molecule has 0 spiro atoms.